The third-order valence-electron chi connectivity index (χ3n) is 11.8. The molecule has 2 N–H and O–H groups in total. The summed E-state index contributed by atoms with van der Waals surface area (Å²) >= 11 is 15.8. The number of ketones is 1. The molecule has 10 rings (SSSR count). The first-order chi connectivity index (χ1) is 23.2. The minimum Gasteiger partial charge on any atom is -0.326 e. The maximum Gasteiger partial charge on any atom is 0.373 e. The van der Waals surface area contributed by atoms with E-state index < -0.39 is 0 Å². The highest BCUT2D eigenvalue weighted by molar-refractivity contribution is 7.21. The Morgan fingerprint density at radius 3 is 1.82 bits per heavy atom. The molecule has 0 unspecified atom stereocenters. The lowest BCUT2D eigenvalue weighted by Gasteiger charge is -2.56. The van der Waals surface area contributed by atoms with Gasteiger partial charge in [-0.1, -0.05) is 47.5 Å². The van der Waals surface area contributed by atoms with E-state index in [1.54, 1.807) is 22.7 Å². The number of benzene rings is 2. The van der Waals surface area contributed by atoms with Gasteiger partial charge in [0.1, 0.15) is 0 Å². The predicted octanol–water partition coefficient (Wildman–Crippen LogP) is 10.1. The zero-order valence-electron chi connectivity index (χ0n) is 29.9. The van der Waals surface area contributed by atoms with Crippen LogP contribution in [0.2, 0.25) is 10.0 Å². The molecule has 11 heteroatoms. The van der Waals surface area contributed by atoms with Crippen molar-refractivity contribution in [2.75, 3.05) is 26.2 Å². The Morgan fingerprint density at radius 2 is 1.32 bits per heavy atom. The standard InChI is InChI=1S/C20H24ClNOS.C9H7ClS.C9H18N2.CO2.ClH/c1-12-4-5-14-10-17(24-19(14)18(12)21)16(23)11-15-13-6-8-22(9-7-13)20(15,2)3;1-6-2-3-7-4-5-11-9(7)8(6)10;1-9(2)8(10)7-3-5-11(9)6-4-7;2-1-3;/h4-5,10,13,15H,6-9,11H2,1-3H3;2-5H,1H3;7-8H,3-6,10H2,1-2H3;;1H/t15-;;8-;;/m1.1../s1. The number of nitrogens with zero attached hydrogens (tertiary/aromatic N) is 2. The fourth-order valence-electron chi connectivity index (χ4n) is 8.43. The first-order valence-electron chi connectivity index (χ1n) is 17.3. The largest absolute Gasteiger partial charge is 0.373 e. The number of Topliss-reactive ketones (excluding diaryl/α,β-unsaturated/α-hetero) is 1. The van der Waals surface area contributed by atoms with E-state index in [-0.39, 0.29) is 35.4 Å². The summed E-state index contributed by atoms with van der Waals surface area (Å²) in [6.45, 7) is 18.2. The van der Waals surface area contributed by atoms with Gasteiger partial charge < -0.3 is 5.73 Å². The van der Waals surface area contributed by atoms with Gasteiger partial charge in [-0.3, -0.25) is 14.6 Å². The zero-order valence-corrected chi connectivity index (χ0v) is 33.9. The second-order valence-electron chi connectivity index (χ2n) is 15.1. The molecule has 2 aromatic heterocycles. The molecule has 50 heavy (non-hydrogen) atoms. The van der Waals surface area contributed by atoms with E-state index in [0.29, 0.717) is 24.3 Å². The number of aryl methyl sites for hydroxylation is 2. The summed E-state index contributed by atoms with van der Waals surface area (Å²) in [5.74, 6) is 2.26. The highest BCUT2D eigenvalue weighted by Crippen LogP contribution is 2.46. The van der Waals surface area contributed by atoms with Gasteiger partial charge in [0.2, 0.25) is 0 Å². The van der Waals surface area contributed by atoms with E-state index in [0.717, 1.165) is 42.1 Å². The van der Waals surface area contributed by atoms with Crippen molar-refractivity contribution in [3.8, 4) is 0 Å². The number of halogens is 3. The van der Waals surface area contributed by atoms with Crippen LogP contribution < -0.4 is 5.73 Å². The molecular weight excluding hydrogens is 729 g/mol. The second kappa shape index (κ2) is 16.9. The summed E-state index contributed by atoms with van der Waals surface area (Å²) in [6.07, 6.45) is 6.06. The minimum absolute atomic E-state index is 0. The maximum absolute atomic E-state index is 13.0. The molecule has 4 bridgehead atoms. The summed E-state index contributed by atoms with van der Waals surface area (Å²) in [7, 11) is 0. The summed E-state index contributed by atoms with van der Waals surface area (Å²) in [4.78, 5) is 35.2. The monoisotopic (exact) mass is 777 g/mol. The normalized spacial score (nSPS) is 26.7. The number of carbonyl (C=O) groups excluding carboxylic acids is 3. The Kier molecular flexibility index (Phi) is 13.8. The zero-order chi connectivity index (χ0) is 35.7. The number of nitrogens with two attached hydrogens (primary N) is 1. The van der Waals surface area contributed by atoms with Gasteiger partial charge in [0.25, 0.3) is 0 Å². The number of hydrogen-bond acceptors (Lipinski definition) is 8. The maximum atomic E-state index is 13.0. The van der Waals surface area contributed by atoms with Crippen molar-refractivity contribution in [3.63, 3.8) is 0 Å². The Bertz CT molecular complexity index is 1810. The van der Waals surface area contributed by atoms with Crippen LogP contribution in [0.4, 0.5) is 0 Å². The van der Waals surface area contributed by atoms with E-state index in [9.17, 15) is 4.79 Å². The molecule has 8 heterocycles. The molecule has 0 amide bonds. The van der Waals surface area contributed by atoms with E-state index in [4.69, 9.17) is 38.5 Å². The summed E-state index contributed by atoms with van der Waals surface area (Å²) in [5.41, 5.74) is 8.79. The fourth-order valence-corrected chi connectivity index (χ4v) is 11.0. The van der Waals surface area contributed by atoms with Crippen LogP contribution in [0.25, 0.3) is 20.2 Å². The number of fused-ring (bicyclic) bond motifs is 8. The van der Waals surface area contributed by atoms with Gasteiger partial charge in [-0.25, -0.2) is 0 Å². The molecule has 0 saturated carbocycles. The van der Waals surface area contributed by atoms with Crippen molar-refractivity contribution in [1.82, 2.24) is 9.80 Å². The lowest BCUT2D eigenvalue weighted by atomic mass is 9.65. The summed E-state index contributed by atoms with van der Waals surface area (Å²) in [6, 6.07) is 12.8. The first kappa shape index (κ1) is 40.9. The van der Waals surface area contributed by atoms with Crippen molar-refractivity contribution in [2.24, 2.45) is 23.5 Å². The smallest absolute Gasteiger partial charge is 0.326 e. The van der Waals surface area contributed by atoms with Crippen LogP contribution in [0.5, 0.6) is 0 Å². The van der Waals surface area contributed by atoms with Crippen LogP contribution in [0.1, 0.15) is 80.6 Å². The van der Waals surface area contributed by atoms with Crippen molar-refractivity contribution < 1.29 is 14.4 Å². The Labute approximate surface area is 321 Å². The molecule has 6 nitrogen and oxygen atoms in total. The average Bonchev–Trinajstić information content (AvgIpc) is 3.75. The average molecular weight is 779 g/mol. The van der Waals surface area contributed by atoms with Crippen LogP contribution in [0.15, 0.2) is 41.8 Å². The highest BCUT2D eigenvalue weighted by atomic mass is 35.5. The molecule has 6 aliphatic rings. The lowest BCUT2D eigenvalue weighted by molar-refractivity contribution is -0.191. The first-order valence-corrected chi connectivity index (χ1v) is 19.7. The number of rotatable bonds is 3. The van der Waals surface area contributed by atoms with Crippen LogP contribution in [0.3, 0.4) is 0 Å². The number of piperidine rings is 6. The van der Waals surface area contributed by atoms with Gasteiger partial charge in [0.15, 0.2) is 5.78 Å². The lowest BCUT2D eigenvalue weighted by Crippen LogP contribution is -2.67. The fraction of sp³-hybridized carbons (Fsp3) is 0.538. The molecule has 0 aliphatic carbocycles. The van der Waals surface area contributed by atoms with Crippen LogP contribution >= 0.6 is 58.3 Å². The van der Waals surface area contributed by atoms with Gasteiger partial charge >= 0.3 is 6.15 Å². The summed E-state index contributed by atoms with van der Waals surface area (Å²) in [5, 5.41) is 6.09. The molecule has 0 spiro atoms. The summed E-state index contributed by atoms with van der Waals surface area (Å²) < 4.78 is 2.25. The van der Waals surface area contributed by atoms with Gasteiger partial charge in [-0.2, -0.15) is 9.59 Å². The van der Waals surface area contributed by atoms with Crippen LogP contribution in [-0.2, 0) is 9.59 Å². The molecule has 0 radical (unpaired) electrons. The number of hydrogen-bond donors (Lipinski definition) is 1. The Hall–Kier alpha value is -1.84. The topological polar surface area (TPSA) is 83.7 Å². The third-order valence-corrected chi connectivity index (χ3v) is 15.1. The van der Waals surface area contributed by atoms with Crippen molar-refractivity contribution >= 4 is 90.4 Å². The molecular formula is C39H50Cl3N3O3S2. The highest BCUT2D eigenvalue weighted by Gasteiger charge is 2.48. The van der Waals surface area contributed by atoms with E-state index in [2.05, 4.69) is 67.1 Å². The molecule has 2 atom stereocenters. The van der Waals surface area contributed by atoms with E-state index in [1.807, 2.05) is 26.0 Å². The van der Waals surface area contributed by atoms with Crippen molar-refractivity contribution in [3.05, 3.63) is 67.8 Å². The van der Waals surface area contributed by atoms with Gasteiger partial charge in [0.05, 0.1) is 24.3 Å². The minimum atomic E-state index is 0. The quantitative estimate of drug-likeness (QED) is 0.209. The third kappa shape index (κ3) is 8.35. The SMILES string of the molecule is CC1(C)[C@H](N)C2CCN1CC2.Cc1ccc2cc(C(=O)C[C@@H]3C4CCN(CC4)C3(C)C)sc2c1Cl.Cc1ccc2ccsc2c1Cl.Cl.O=C=O. The van der Waals surface area contributed by atoms with Crippen LogP contribution in [-0.4, -0.2) is 65.0 Å². The van der Waals surface area contributed by atoms with Gasteiger partial charge in [-0.05, 0) is 151 Å². The van der Waals surface area contributed by atoms with E-state index >= 15 is 0 Å². The molecule has 4 aromatic rings. The van der Waals surface area contributed by atoms with Gasteiger partial charge in [0, 0.05) is 23.5 Å². The molecule has 272 valence electrons. The van der Waals surface area contributed by atoms with Crippen molar-refractivity contribution in [1.29, 1.82) is 0 Å². The molecule has 6 fully saturated rings. The van der Waals surface area contributed by atoms with Gasteiger partial charge in [-0.15, -0.1) is 35.1 Å². The van der Waals surface area contributed by atoms with Crippen molar-refractivity contribution in [2.45, 2.75) is 90.8 Å². The van der Waals surface area contributed by atoms with Crippen LogP contribution in [0, 0.1) is 31.6 Å². The molecule has 2 aromatic carbocycles. The predicted molar refractivity (Wildman–Crippen MR) is 213 cm³/mol. The molecule has 6 saturated heterocycles. The second-order valence-corrected chi connectivity index (χ2v) is 17.8. The van der Waals surface area contributed by atoms with E-state index in [1.165, 1.54) is 61.9 Å². The Morgan fingerprint density at radius 1 is 0.820 bits per heavy atom. The Balaban J connectivity index is 0.000000180. The molecule has 6 aliphatic heterocycles. The number of thiophene rings is 2. The number of carbonyl (C=O) groups is 1.